The first-order valence-corrected chi connectivity index (χ1v) is 6.69. The third kappa shape index (κ3) is 3.70. The van der Waals surface area contributed by atoms with Crippen LogP contribution in [0.5, 0.6) is 0 Å². The van der Waals surface area contributed by atoms with Gasteiger partial charge in [-0.2, -0.15) is 23.4 Å². The highest BCUT2D eigenvalue weighted by Crippen LogP contribution is 2.34. The number of halogens is 3. The lowest BCUT2D eigenvalue weighted by molar-refractivity contribution is -0.385. The molecule has 2 N–H and O–H groups in total. The highest BCUT2D eigenvalue weighted by atomic mass is 19.4. The standard InChI is InChI=1S/C12H13F3N6O3/c1-6(4-20-5-8(3-16-20)21(23)24)11(22)17-9-7(2)18-19-10(9)12(13,14)15/h3,5-6H,4H2,1-2H3,(H,17,22)(H,18,19)/t6-/m0/s1. The van der Waals surface area contributed by atoms with Crippen LogP contribution in [0.15, 0.2) is 12.4 Å². The molecule has 0 fully saturated rings. The molecular weight excluding hydrogens is 333 g/mol. The van der Waals surface area contributed by atoms with Crippen LogP contribution in [0.3, 0.4) is 0 Å². The molecule has 9 nitrogen and oxygen atoms in total. The van der Waals surface area contributed by atoms with E-state index in [1.807, 2.05) is 0 Å². The monoisotopic (exact) mass is 346 g/mol. The van der Waals surface area contributed by atoms with Crippen molar-refractivity contribution >= 4 is 17.3 Å². The maximum atomic E-state index is 12.8. The third-order valence-electron chi connectivity index (χ3n) is 3.20. The molecule has 0 spiro atoms. The summed E-state index contributed by atoms with van der Waals surface area (Å²) < 4.78 is 39.7. The van der Waals surface area contributed by atoms with E-state index in [0.717, 1.165) is 12.4 Å². The van der Waals surface area contributed by atoms with Crippen molar-refractivity contribution in [2.45, 2.75) is 26.6 Å². The SMILES string of the molecule is Cc1[nH]nc(C(F)(F)F)c1NC(=O)[C@@H](C)Cn1cc([N+](=O)[O-])cn1. The van der Waals surface area contributed by atoms with E-state index in [1.54, 1.807) is 0 Å². The van der Waals surface area contributed by atoms with Gasteiger partial charge in [-0.1, -0.05) is 6.92 Å². The Bertz CT molecular complexity index is 766. The molecule has 130 valence electrons. The number of aromatic amines is 1. The maximum Gasteiger partial charge on any atom is 0.437 e. The predicted octanol–water partition coefficient (Wildman–Crippen LogP) is 2.12. The van der Waals surface area contributed by atoms with Gasteiger partial charge in [0.15, 0.2) is 5.69 Å². The number of aromatic nitrogens is 4. The summed E-state index contributed by atoms with van der Waals surface area (Å²) in [6, 6.07) is 0. The highest BCUT2D eigenvalue weighted by Gasteiger charge is 2.38. The van der Waals surface area contributed by atoms with E-state index in [0.29, 0.717) is 0 Å². The minimum absolute atomic E-state index is 0.0298. The first-order valence-electron chi connectivity index (χ1n) is 6.69. The molecule has 0 aliphatic heterocycles. The number of rotatable bonds is 5. The zero-order valence-corrected chi connectivity index (χ0v) is 12.6. The van der Waals surface area contributed by atoms with Crippen molar-refractivity contribution in [3.05, 3.63) is 33.9 Å². The lowest BCUT2D eigenvalue weighted by Gasteiger charge is -2.13. The Morgan fingerprint density at radius 2 is 2.21 bits per heavy atom. The minimum Gasteiger partial charge on any atom is -0.322 e. The highest BCUT2D eigenvalue weighted by molar-refractivity contribution is 5.93. The molecule has 0 saturated carbocycles. The Morgan fingerprint density at radius 1 is 1.54 bits per heavy atom. The largest absolute Gasteiger partial charge is 0.437 e. The van der Waals surface area contributed by atoms with Crippen LogP contribution in [0.2, 0.25) is 0 Å². The average molecular weight is 346 g/mol. The van der Waals surface area contributed by atoms with Crippen molar-refractivity contribution in [3.8, 4) is 0 Å². The van der Waals surface area contributed by atoms with E-state index in [1.165, 1.54) is 18.5 Å². The number of anilines is 1. The molecule has 0 aliphatic carbocycles. The van der Waals surface area contributed by atoms with Gasteiger partial charge in [0, 0.05) is 0 Å². The number of hydrogen-bond acceptors (Lipinski definition) is 5. The topological polar surface area (TPSA) is 119 Å². The predicted molar refractivity (Wildman–Crippen MR) is 75.0 cm³/mol. The summed E-state index contributed by atoms with van der Waals surface area (Å²) in [5, 5.41) is 21.8. The summed E-state index contributed by atoms with van der Waals surface area (Å²) in [4.78, 5) is 22.0. The van der Waals surface area contributed by atoms with Crippen LogP contribution in [-0.4, -0.2) is 30.8 Å². The molecule has 2 aromatic rings. The summed E-state index contributed by atoms with van der Waals surface area (Å²) >= 11 is 0. The number of nitrogens with one attached hydrogen (secondary N) is 2. The van der Waals surface area contributed by atoms with E-state index < -0.39 is 34.3 Å². The fourth-order valence-electron chi connectivity index (χ4n) is 1.94. The number of carbonyl (C=O) groups excluding carboxylic acids is 1. The molecule has 0 aromatic carbocycles. The molecule has 0 bridgehead atoms. The lowest BCUT2D eigenvalue weighted by atomic mass is 10.1. The van der Waals surface area contributed by atoms with Gasteiger partial charge in [0.1, 0.15) is 12.4 Å². The van der Waals surface area contributed by atoms with Gasteiger partial charge in [-0.15, -0.1) is 0 Å². The lowest BCUT2D eigenvalue weighted by Crippen LogP contribution is -2.26. The quantitative estimate of drug-likeness (QED) is 0.635. The van der Waals surface area contributed by atoms with Gasteiger partial charge in [-0.25, -0.2) is 0 Å². The zero-order valence-electron chi connectivity index (χ0n) is 12.6. The number of alkyl halides is 3. The van der Waals surface area contributed by atoms with Gasteiger partial charge < -0.3 is 5.32 Å². The second-order valence-corrected chi connectivity index (χ2v) is 5.14. The molecule has 1 amide bonds. The van der Waals surface area contributed by atoms with Gasteiger partial charge >= 0.3 is 11.9 Å². The minimum atomic E-state index is -4.71. The molecule has 2 heterocycles. The van der Waals surface area contributed by atoms with Crippen LogP contribution in [0, 0.1) is 23.0 Å². The number of carbonyl (C=O) groups is 1. The van der Waals surface area contributed by atoms with Crippen LogP contribution >= 0.6 is 0 Å². The fourth-order valence-corrected chi connectivity index (χ4v) is 1.94. The van der Waals surface area contributed by atoms with Gasteiger partial charge in [0.05, 0.1) is 28.8 Å². The molecule has 2 aromatic heterocycles. The maximum absolute atomic E-state index is 12.8. The number of aryl methyl sites for hydroxylation is 1. The normalized spacial score (nSPS) is 12.9. The summed E-state index contributed by atoms with van der Waals surface area (Å²) in [7, 11) is 0. The summed E-state index contributed by atoms with van der Waals surface area (Å²) in [6.45, 7) is 2.78. The van der Waals surface area contributed by atoms with Gasteiger partial charge in [-0.05, 0) is 6.92 Å². The second-order valence-electron chi connectivity index (χ2n) is 5.14. The Morgan fingerprint density at radius 3 is 2.75 bits per heavy atom. The van der Waals surface area contributed by atoms with Crippen LogP contribution < -0.4 is 5.32 Å². The molecule has 0 aliphatic rings. The molecule has 1 atom stereocenters. The Hall–Kier alpha value is -2.92. The molecule has 24 heavy (non-hydrogen) atoms. The number of nitro groups is 1. The van der Waals surface area contributed by atoms with Crippen molar-refractivity contribution in [3.63, 3.8) is 0 Å². The Kier molecular flexibility index (Phi) is 4.57. The molecule has 0 radical (unpaired) electrons. The third-order valence-corrected chi connectivity index (χ3v) is 3.20. The number of amides is 1. The Balaban J connectivity index is 2.09. The van der Waals surface area contributed by atoms with E-state index >= 15 is 0 Å². The molecule has 0 saturated heterocycles. The number of nitrogens with zero attached hydrogens (tertiary/aromatic N) is 4. The van der Waals surface area contributed by atoms with E-state index in [9.17, 15) is 28.1 Å². The van der Waals surface area contributed by atoms with Crippen LogP contribution in [0.1, 0.15) is 18.3 Å². The fraction of sp³-hybridized carbons (Fsp3) is 0.417. The van der Waals surface area contributed by atoms with E-state index in [4.69, 9.17) is 0 Å². The first kappa shape index (κ1) is 17.4. The van der Waals surface area contributed by atoms with Crippen molar-refractivity contribution in [1.82, 2.24) is 20.0 Å². The summed E-state index contributed by atoms with van der Waals surface area (Å²) in [5.41, 5.74) is -1.83. The van der Waals surface area contributed by atoms with Crippen molar-refractivity contribution in [2.24, 2.45) is 5.92 Å². The van der Waals surface area contributed by atoms with E-state index in [2.05, 4.69) is 20.6 Å². The summed E-state index contributed by atoms with van der Waals surface area (Å²) in [6.07, 6.45) is -2.56. The number of hydrogen-bond donors (Lipinski definition) is 2. The summed E-state index contributed by atoms with van der Waals surface area (Å²) in [5.74, 6) is -1.47. The molecule has 12 heteroatoms. The second kappa shape index (κ2) is 6.29. The molecule has 2 rings (SSSR count). The van der Waals surface area contributed by atoms with Crippen molar-refractivity contribution < 1.29 is 22.9 Å². The van der Waals surface area contributed by atoms with Crippen molar-refractivity contribution in [2.75, 3.05) is 5.32 Å². The average Bonchev–Trinajstić information content (AvgIpc) is 3.06. The number of H-pyrrole nitrogens is 1. The first-order chi connectivity index (χ1) is 11.1. The smallest absolute Gasteiger partial charge is 0.322 e. The van der Waals surface area contributed by atoms with Gasteiger partial charge in [0.25, 0.3) is 0 Å². The molecular formula is C12H13F3N6O3. The van der Waals surface area contributed by atoms with Crippen LogP contribution in [-0.2, 0) is 17.5 Å². The van der Waals surface area contributed by atoms with Crippen molar-refractivity contribution in [1.29, 1.82) is 0 Å². The zero-order chi connectivity index (χ0) is 18.1. The van der Waals surface area contributed by atoms with Crippen LogP contribution in [0.25, 0.3) is 0 Å². The van der Waals surface area contributed by atoms with E-state index in [-0.39, 0.29) is 17.9 Å². The van der Waals surface area contributed by atoms with Gasteiger partial charge in [-0.3, -0.25) is 24.7 Å². The Labute approximate surface area is 133 Å². The van der Waals surface area contributed by atoms with Gasteiger partial charge in [0.2, 0.25) is 5.91 Å². The molecule has 0 unspecified atom stereocenters. The van der Waals surface area contributed by atoms with Crippen LogP contribution in [0.4, 0.5) is 24.5 Å².